The van der Waals surface area contributed by atoms with E-state index in [1.165, 1.54) is 237 Å². The third-order valence-electron chi connectivity index (χ3n) is 23.6. The average molecular weight is 1780 g/mol. The first-order valence-corrected chi connectivity index (χ1v) is 52.2. The maximum Gasteiger partial charge on any atom is 1.00 e. The summed E-state index contributed by atoms with van der Waals surface area (Å²) >= 11 is 5.67. The number of halogens is 1. The standard InChI is InChI=1S/C31H38Si.C28H30.2C23H16.C4H9.C3H9ClSi.6CO.Cr.Li/c1-32(2,3)31-22-29(27-14-12-25(13-15-27)23-8-4-5-9-23)20-21-30(31)28-18-16-26(17-19-28)24-10-6-7-11-24;1-2-6-21(5-1)23-9-13-25(14-10-23)27-17-19-28(20-18-27)26-15-11-24(12-16-26)22-7-3-4-8-22;2*1-2-6-18(7-3-1)20-10-14-22(15-11-20)23-16-12-21(13-17-23)19-8-4-5-9-19;1-3-4-2;1-5(2,3)4;6*1-2;;/h12-24H,4-11H2,1-3H3;9-22H,1-8H2;2*1-4,6-17H;1,3-4H2,2H3;1-3H3;;;;;;;;/q;;;;-1;;;;;;;;;+1. The van der Waals surface area contributed by atoms with E-state index in [0.717, 1.165) is 30.1 Å². The molecule has 0 N–H and O–H groups in total. The third kappa shape index (κ3) is 34.4. The van der Waals surface area contributed by atoms with E-state index < -0.39 is 15.5 Å². The van der Waals surface area contributed by atoms with Gasteiger partial charge in [0.1, 0.15) is 7.38 Å². The molecule has 0 saturated heterocycles. The molecule has 0 amide bonds. The molecule has 4 saturated carbocycles. The van der Waals surface area contributed by atoms with Crippen molar-refractivity contribution >= 4 is 42.9 Å². The molecule has 6 nitrogen and oxygen atoms in total. The average Bonchev–Trinajstić information content (AvgIpc) is 1.71. The van der Waals surface area contributed by atoms with Crippen molar-refractivity contribution in [3.63, 3.8) is 0 Å². The summed E-state index contributed by atoms with van der Waals surface area (Å²) in [6.07, 6.45) is 36.5. The molecule has 0 unspecified atom stereocenters. The fraction of sp³-hybridized carbons (Fsp3) is 0.246. The fourth-order valence-electron chi connectivity index (χ4n) is 17.0. The van der Waals surface area contributed by atoms with Crippen LogP contribution in [0.2, 0.25) is 39.3 Å². The monoisotopic (exact) mass is 1780 g/mol. The van der Waals surface area contributed by atoms with E-state index in [1.54, 1.807) is 10.8 Å². The summed E-state index contributed by atoms with van der Waals surface area (Å²) in [7, 11) is -2.64. The van der Waals surface area contributed by atoms with Gasteiger partial charge in [-0.05, 0) is 245 Å². The van der Waals surface area contributed by atoms with Crippen LogP contribution in [0.4, 0.5) is 0 Å². The van der Waals surface area contributed by atoms with Crippen molar-refractivity contribution in [3.05, 3.63) is 425 Å². The molecule has 12 aromatic rings. The normalized spacial score (nSPS) is 13.6. The minimum Gasteiger partial charge on any atom is -0.343 e. The molecule has 648 valence electrons. The number of hydrogen-bond donors (Lipinski definition) is 0. The van der Waals surface area contributed by atoms with E-state index in [2.05, 4.69) is 402 Å². The molecule has 0 heterocycles. The van der Waals surface area contributed by atoms with E-state index in [4.69, 9.17) is 39.0 Å². The molecule has 0 aliphatic heterocycles. The SMILES string of the molecule is C1=CC=C(c2ccc(-c3ccc(-c4ccccc4)cc3)cc2)C=1.C1=CC=C(c2ccc(-c3ccc(-c4ccccc4)cc3)cc2)C=1.C[Si](C)(C)Cl.C[Si](C)(C)c1cc(-c2ccc(C3CCCC3)cc2)ccc1-c1ccc(C2CCCC2)cc1.[C-]#[O+].[C-]#[O+].[C-]#[O+].[C-]#[O+].[C-]#[O+].[C-]#[O+].[CH2-]CCC.[Cr].[Li+].c1cc(-c2ccc(C3CCCC3)cc2)ccc1-c1ccc(C2CCCC2)cc1. The Morgan fingerprint density at radius 3 is 0.682 bits per heavy atom. The number of rotatable bonds is 16. The summed E-state index contributed by atoms with van der Waals surface area (Å²) in [5.74, 6) is 3.17. The Labute approximate surface area is 800 Å². The second kappa shape index (κ2) is 59.6. The molecule has 18 rings (SSSR count). The predicted molar refractivity (Wildman–Crippen MR) is 531 cm³/mol. The van der Waals surface area contributed by atoms with Crippen molar-refractivity contribution in [2.75, 3.05) is 0 Å². The Bertz CT molecular complexity index is 5290. The minimum atomic E-state index is -1.50. The number of benzene rings is 12. The van der Waals surface area contributed by atoms with Crippen molar-refractivity contribution in [2.45, 2.75) is 185 Å². The smallest absolute Gasteiger partial charge is 0.343 e. The van der Waals surface area contributed by atoms with Crippen LogP contribution >= 0.6 is 11.1 Å². The molecule has 0 atom stereocenters. The van der Waals surface area contributed by atoms with Gasteiger partial charge in [0.15, 0.2) is 0 Å². The Morgan fingerprint density at radius 1 is 0.295 bits per heavy atom. The Hall–Kier alpha value is -10.5. The van der Waals surface area contributed by atoms with E-state index in [-0.39, 0.29) is 36.2 Å². The molecule has 129 heavy (non-hydrogen) atoms. The molecule has 0 radical (unpaired) electrons. The zero-order chi connectivity index (χ0) is 91.8. The summed E-state index contributed by atoms with van der Waals surface area (Å²) < 4.78 is 45.0. The largest absolute Gasteiger partial charge is 1.00 e. The number of hydrogen-bond acceptors (Lipinski definition) is 0. The molecule has 0 spiro atoms. The summed E-state index contributed by atoms with van der Waals surface area (Å²) in [5.41, 5.74) is 38.0. The van der Waals surface area contributed by atoms with Crippen LogP contribution in [0.5, 0.6) is 0 Å². The quantitative estimate of drug-likeness (QED) is 0.0301. The van der Waals surface area contributed by atoms with Crippen LogP contribution in [0.1, 0.15) is 180 Å². The summed E-state index contributed by atoms with van der Waals surface area (Å²) in [4.78, 5) is 0. The van der Waals surface area contributed by atoms with Gasteiger partial charge in [0.05, 0.1) is 8.07 Å². The van der Waals surface area contributed by atoms with E-state index in [0.29, 0.717) is 0 Å². The Kier molecular flexibility index (Phi) is 50.4. The fourth-order valence-corrected chi connectivity index (χ4v) is 18.6. The van der Waals surface area contributed by atoms with Gasteiger partial charge in [-0.1, -0.05) is 406 Å². The van der Waals surface area contributed by atoms with Gasteiger partial charge in [-0.3, -0.25) is 0 Å². The maximum absolute atomic E-state index is 7.50. The molecule has 11 heteroatoms. The van der Waals surface area contributed by atoms with E-state index in [9.17, 15) is 0 Å². The van der Waals surface area contributed by atoms with Gasteiger partial charge in [-0.25, -0.2) is 0 Å². The first kappa shape index (κ1) is 109. The van der Waals surface area contributed by atoms with Crippen LogP contribution in [0.25, 0.3) is 100 Å². The van der Waals surface area contributed by atoms with Crippen LogP contribution in [0.3, 0.4) is 0 Å². The van der Waals surface area contributed by atoms with Gasteiger partial charge < -0.3 is 6.92 Å². The molecular formula is C118H118ClCrLiO6Si2. The van der Waals surface area contributed by atoms with Crippen molar-refractivity contribution in [3.8, 4) is 89.0 Å². The van der Waals surface area contributed by atoms with Crippen LogP contribution in [-0.2, 0) is 45.3 Å². The Morgan fingerprint density at radius 2 is 0.481 bits per heavy atom. The van der Waals surface area contributed by atoms with Gasteiger partial charge in [0.2, 0.25) is 0 Å². The molecule has 12 aromatic carbocycles. The second-order valence-corrected chi connectivity index (χ2v) is 46.7. The topological polar surface area (TPSA) is 119 Å². The zero-order valence-electron chi connectivity index (χ0n) is 76.2. The molecule has 4 fully saturated rings. The van der Waals surface area contributed by atoms with Gasteiger partial charge in [-0.15, -0.1) is 11.5 Å². The summed E-state index contributed by atoms with van der Waals surface area (Å²) in [6.45, 7) is 46.4. The van der Waals surface area contributed by atoms with Crippen LogP contribution in [-0.4, -0.2) is 15.5 Å². The van der Waals surface area contributed by atoms with Crippen LogP contribution < -0.4 is 24.0 Å². The first-order valence-electron chi connectivity index (χ1n) is 44.2. The first-order chi connectivity index (χ1) is 62.1. The van der Waals surface area contributed by atoms with Crippen molar-refractivity contribution in [1.29, 1.82) is 0 Å². The Balaban J connectivity index is 0.000000284. The van der Waals surface area contributed by atoms with Crippen LogP contribution in [0.15, 0.2) is 345 Å². The summed E-state index contributed by atoms with van der Waals surface area (Å²) in [5, 5.41) is 1.57. The molecule has 6 aliphatic carbocycles. The van der Waals surface area contributed by atoms with Crippen molar-refractivity contribution < 1.29 is 64.1 Å². The predicted octanol–water partition coefficient (Wildman–Crippen LogP) is 29.9. The third-order valence-corrected chi connectivity index (χ3v) is 25.6. The van der Waals surface area contributed by atoms with Gasteiger partial charge in [-0.2, -0.15) is 17.5 Å². The molecule has 0 bridgehead atoms. The van der Waals surface area contributed by atoms with E-state index in [1.807, 2.05) is 36.4 Å². The minimum absolute atomic E-state index is 0. The van der Waals surface area contributed by atoms with Crippen molar-refractivity contribution in [2.24, 2.45) is 0 Å². The van der Waals surface area contributed by atoms with Crippen molar-refractivity contribution in [1.82, 2.24) is 0 Å². The van der Waals surface area contributed by atoms with Gasteiger partial charge >= 0.3 is 86.7 Å². The number of unbranched alkanes of at least 4 members (excludes halogenated alkanes) is 1. The molecule has 6 aliphatic rings. The maximum atomic E-state index is 7.50. The van der Waals surface area contributed by atoms with Gasteiger partial charge in [0, 0.05) is 17.4 Å². The van der Waals surface area contributed by atoms with Crippen LogP contribution in [0, 0.1) is 46.8 Å². The summed E-state index contributed by atoms with van der Waals surface area (Å²) in [6, 6.07) is 110. The van der Waals surface area contributed by atoms with E-state index >= 15 is 0 Å². The van der Waals surface area contributed by atoms with Gasteiger partial charge in [0.25, 0.3) is 0 Å². The zero-order valence-corrected chi connectivity index (χ0v) is 80.3. The molecule has 0 aromatic heterocycles. The second-order valence-electron chi connectivity index (χ2n) is 34.2. The number of allylic oxidation sites excluding steroid dienone is 6. The molecular weight excluding hydrogens is 1660 g/mol.